The molecular formula is C15H13BrClNO. The van der Waals surface area contributed by atoms with Gasteiger partial charge in [-0.2, -0.15) is 0 Å². The third-order valence-corrected chi connectivity index (χ3v) is 3.98. The van der Waals surface area contributed by atoms with Crippen LogP contribution in [0.1, 0.15) is 21.5 Å². The standard InChI is InChI=1S/C15H13BrClNO/c1-10-8-12(4-7-14(10)16)15(19)18-13-5-2-11(9-17)3-6-13/h2-8H,9H2,1H3,(H,18,19). The van der Waals surface area contributed by atoms with E-state index in [-0.39, 0.29) is 5.91 Å². The summed E-state index contributed by atoms with van der Waals surface area (Å²) in [7, 11) is 0. The van der Waals surface area contributed by atoms with Crippen molar-refractivity contribution in [3.05, 3.63) is 63.6 Å². The third-order valence-electron chi connectivity index (χ3n) is 2.79. The molecule has 2 aromatic carbocycles. The first-order chi connectivity index (χ1) is 9.10. The molecule has 0 aromatic heterocycles. The van der Waals surface area contributed by atoms with Gasteiger partial charge < -0.3 is 5.32 Å². The van der Waals surface area contributed by atoms with E-state index in [2.05, 4.69) is 21.2 Å². The molecule has 0 aliphatic carbocycles. The zero-order valence-corrected chi connectivity index (χ0v) is 12.8. The molecule has 0 saturated heterocycles. The van der Waals surface area contributed by atoms with Crippen LogP contribution < -0.4 is 5.32 Å². The molecule has 4 heteroatoms. The molecule has 0 bridgehead atoms. The summed E-state index contributed by atoms with van der Waals surface area (Å²) in [6, 6.07) is 13.0. The highest BCUT2D eigenvalue weighted by Crippen LogP contribution is 2.18. The van der Waals surface area contributed by atoms with Crippen LogP contribution in [0.5, 0.6) is 0 Å². The number of aryl methyl sites for hydroxylation is 1. The van der Waals surface area contributed by atoms with Gasteiger partial charge in [0, 0.05) is 21.6 Å². The zero-order chi connectivity index (χ0) is 13.8. The molecule has 0 atom stereocenters. The lowest BCUT2D eigenvalue weighted by Crippen LogP contribution is -2.12. The molecule has 1 N–H and O–H groups in total. The minimum absolute atomic E-state index is 0.116. The molecule has 0 heterocycles. The number of rotatable bonds is 3. The van der Waals surface area contributed by atoms with E-state index in [0.717, 1.165) is 21.3 Å². The van der Waals surface area contributed by atoms with Crippen molar-refractivity contribution in [3.8, 4) is 0 Å². The summed E-state index contributed by atoms with van der Waals surface area (Å²) in [5, 5.41) is 2.86. The van der Waals surface area contributed by atoms with Crippen LogP contribution in [0.2, 0.25) is 0 Å². The Balaban J connectivity index is 2.13. The Labute approximate surface area is 125 Å². The molecule has 0 spiro atoms. The highest BCUT2D eigenvalue weighted by atomic mass is 79.9. The largest absolute Gasteiger partial charge is 0.322 e. The number of anilines is 1. The van der Waals surface area contributed by atoms with E-state index in [9.17, 15) is 4.79 Å². The molecule has 2 nitrogen and oxygen atoms in total. The normalized spacial score (nSPS) is 10.3. The van der Waals surface area contributed by atoms with Gasteiger partial charge in [0.05, 0.1) is 0 Å². The molecule has 0 radical (unpaired) electrons. The molecule has 2 aromatic rings. The molecular weight excluding hydrogens is 326 g/mol. The first-order valence-electron chi connectivity index (χ1n) is 5.82. The first-order valence-corrected chi connectivity index (χ1v) is 7.15. The maximum Gasteiger partial charge on any atom is 0.255 e. The number of carbonyl (C=O) groups is 1. The van der Waals surface area contributed by atoms with E-state index < -0.39 is 0 Å². The topological polar surface area (TPSA) is 29.1 Å². The average Bonchev–Trinajstić information content (AvgIpc) is 2.42. The second-order valence-electron chi connectivity index (χ2n) is 4.25. The van der Waals surface area contributed by atoms with Gasteiger partial charge in [-0.3, -0.25) is 4.79 Å². The number of hydrogen-bond acceptors (Lipinski definition) is 1. The van der Waals surface area contributed by atoms with E-state index in [1.165, 1.54) is 0 Å². The second kappa shape index (κ2) is 6.22. The first kappa shape index (κ1) is 14.1. The Morgan fingerprint density at radius 3 is 2.47 bits per heavy atom. The monoisotopic (exact) mass is 337 g/mol. The van der Waals surface area contributed by atoms with Crippen molar-refractivity contribution in [3.63, 3.8) is 0 Å². The minimum atomic E-state index is -0.116. The molecule has 0 saturated carbocycles. The van der Waals surface area contributed by atoms with Crippen LogP contribution in [0.25, 0.3) is 0 Å². The number of benzene rings is 2. The summed E-state index contributed by atoms with van der Waals surface area (Å²) < 4.78 is 0.996. The fourth-order valence-corrected chi connectivity index (χ4v) is 2.09. The fourth-order valence-electron chi connectivity index (χ4n) is 1.67. The minimum Gasteiger partial charge on any atom is -0.322 e. The highest BCUT2D eigenvalue weighted by Gasteiger charge is 2.07. The van der Waals surface area contributed by atoms with E-state index in [1.54, 1.807) is 6.07 Å². The maximum atomic E-state index is 12.1. The predicted molar refractivity (Wildman–Crippen MR) is 82.8 cm³/mol. The SMILES string of the molecule is Cc1cc(C(=O)Nc2ccc(CCl)cc2)ccc1Br. The molecule has 98 valence electrons. The molecule has 19 heavy (non-hydrogen) atoms. The molecule has 0 unspecified atom stereocenters. The van der Waals surface area contributed by atoms with Gasteiger partial charge in [-0.1, -0.05) is 28.1 Å². The van der Waals surface area contributed by atoms with Gasteiger partial charge >= 0.3 is 0 Å². The van der Waals surface area contributed by atoms with Crippen LogP contribution in [-0.2, 0) is 5.88 Å². The lowest BCUT2D eigenvalue weighted by atomic mass is 10.1. The Morgan fingerprint density at radius 1 is 1.21 bits per heavy atom. The number of halogens is 2. The summed E-state index contributed by atoms with van der Waals surface area (Å²) in [4.78, 5) is 12.1. The average molecular weight is 339 g/mol. The summed E-state index contributed by atoms with van der Waals surface area (Å²) in [6.45, 7) is 1.95. The van der Waals surface area contributed by atoms with Crippen molar-refractivity contribution in [2.75, 3.05) is 5.32 Å². The van der Waals surface area contributed by atoms with Crippen molar-refractivity contribution >= 4 is 39.1 Å². The van der Waals surface area contributed by atoms with Crippen LogP contribution in [0.3, 0.4) is 0 Å². The molecule has 1 amide bonds. The van der Waals surface area contributed by atoms with Gasteiger partial charge in [-0.15, -0.1) is 11.6 Å². The Kier molecular flexibility index (Phi) is 4.61. The van der Waals surface area contributed by atoms with Gasteiger partial charge in [-0.25, -0.2) is 0 Å². The number of hydrogen-bond donors (Lipinski definition) is 1. The number of alkyl halides is 1. The molecule has 0 fully saturated rings. The summed E-state index contributed by atoms with van der Waals surface area (Å²) in [6.07, 6.45) is 0. The summed E-state index contributed by atoms with van der Waals surface area (Å²) in [5.74, 6) is 0.356. The smallest absolute Gasteiger partial charge is 0.255 e. The lowest BCUT2D eigenvalue weighted by Gasteiger charge is -2.07. The zero-order valence-electron chi connectivity index (χ0n) is 10.4. The van der Waals surface area contributed by atoms with Gasteiger partial charge in [0.25, 0.3) is 5.91 Å². The third kappa shape index (κ3) is 3.58. The van der Waals surface area contributed by atoms with Crippen molar-refractivity contribution in [2.45, 2.75) is 12.8 Å². The van der Waals surface area contributed by atoms with Crippen LogP contribution in [-0.4, -0.2) is 5.91 Å². The second-order valence-corrected chi connectivity index (χ2v) is 5.37. The van der Waals surface area contributed by atoms with E-state index >= 15 is 0 Å². The van der Waals surface area contributed by atoms with Gasteiger partial charge in [-0.05, 0) is 48.4 Å². The van der Waals surface area contributed by atoms with Crippen LogP contribution >= 0.6 is 27.5 Å². The molecule has 2 rings (SSSR count). The quantitative estimate of drug-likeness (QED) is 0.804. The Hall–Kier alpha value is -1.32. The van der Waals surface area contributed by atoms with Gasteiger partial charge in [0.15, 0.2) is 0 Å². The van der Waals surface area contributed by atoms with E-state index in [4.69, 9.17) is 11.6 Å². The lowest BCUT2D eigenvalue weighted by molar-refractivity contribution is 0.102. The number of amides is 1. The maximum absolute atomic E-state index is 12.1. The van der Waals surface area contributed by atoms with Crippen molar-refractivity contribution in [2.24, 2.45) is 0 Å². The van der Waals surface area contributed by atoms with Crippen molar-refractivity contribution < 1.29 is 4.79 Å². The number of carbonyl (C=O) groups excluding carboxylic acids is 1. The summed E-state index contributed by atoms with van der Waals surface area (Å²) >= 11 is 9.14. The molecule has 0 aliphatic heterocycles. The highest BCUT2D eigenvalue weighted by molar-refractivity contribution is 9.10. The van der Waals surface area contributed by atoms with Crippen LogP contribution in [0, 0.1) is 6.92 Å². The predicted octanol–water partition coefficient (Wildman–Crippen LogP) is 4.75. The van der Waals surface area contributed by atoms with Gasteiger partial charge in [0.2, 0.25) is 0 Å². The van der Waals surface area contributed by atoms with Crippen molar-refractivity contribution in [1.82, 2.24) is 0 Å². The summed E-state index contributed by atoms with van der Waals surface area (Å²) in [5.41, 5.74) is 3.46. The van der Waals surface area contributed by atoms with Crippen LogP contribution in [0.4, 0.5) is 5.69 Å². The van der Waals surface area contributed by atoms with Crippen LogP contribution in [0.15, 0.2) is 46.9 Å². The Morgan fingerprint density at radius 2 is 1.89 bits per heavy atom. The molecule has 0 aliphatic rings. The van der Waals surface area contributed by atoms with Gasteiger partial charge in [0.1, 0.15) is 0 Å². The van der Waals surface area contributed by atoms with E-state index in [1.807, 2.05) is 43.3 Å². The van der Waals surface area contributed by atoms with E-state index in [0.29, 0.717) is 11.4 Å². The number of nitrogens with one attached hydrogen (secondary N) is 1. The fraction of sp³-hybridized carbons (Fsp3) is 0.133. The Bertz CT molecular complexity index is 596. The van der Waals surface area contributed by atoms with Crippen molar-refractivity contribution in [1.29, 1.82) is 0 Å².